The summed E-state index contributed by atoms with van der Waals surface area (Å²) in [4.78, 5) is 12.3. The lowest BCUT2D eigenvalue weighted by Gasteiger charge is -2.06. The zero-order valence-electron chi connectivity index (χ0n) is 13.6. The summed E-state index contributed by atoms with van der Waals surface area (Å²) in [7, 11) is 0. The number of carbonyl (C=O) groups is 1. The molecule has 0 heterocycles. The molecule has 2 rings (SSSR count). The fourth-order valence-electron chi connectivity index (χ4n) is 2.40. The summed E-state index contributed by atoms with van der Waals surface area (Å²) in [5, 5.41) is 10.0. The van der Waals surface area contributed by atoms with E-state index >= 15 is 0 Å². The zero-order chi connectivity index (χ0) is 16.3. The number of ketones is 1. The molecule has 0 saturated carbocycles. The van der Waals surface area contributed by atoms with Crippen LogP contribution < -0.4 is 0 Å². The molecule has 2 aromatic rings. The van der Waals surface area contributed by atoms with Crippen LogP contribution in [0.3, 0.4) is 0 Å². The van der Waals surface area contributed by atoms with E-state index in [0.717, 1.165) is 16.7 Å². The molecule has 0 amide bonds. The molecule has 22 heavy (non-hydrogen) atoms. The van der Waals surface area contributed by atoms with Crippen molar-refractivity contribution in [1.29, 1.82) is 0 Å². The summed E-state index contributed by atoms with van der Waals surface area (Å²) in [5.74, 6) is 0.375. The Labute approximate surface area is 132 Å². The van der Waals surface area contributed by atoms with E-state index in [4.69, 9.17) is 0 Å². The molecule has 0 atom stereocenters. The molecular formula is C20H22O2. The summed E-state index contributed by atoms with van der Waals surface area (Å²) in [6.07, 6.45) is 3.29. The van der Waals surface area contributed by atoms with E-state index in [1.54, 1.807) is 19.1 Å². The van der Waals surface area contributed by atoms with E-state index in [1.807, 2.05) is 25.1 Å². The first-order chi connectivity index (χ1) is 10.4. The Kier molecular flexibility index (Phi) is 4.81. The Bertz CT molecular complexity index is 707. The van der Waals surface area contributed by atoms with E-state index in [1.165, 1.54) is 11.6 Å². The number of phenolic OH excluding ortho intramolecular Hbond substituents is 1. The Morgan fingerprint density at radius 1 is 1.09 bits per heavy atom. The largest absolute Gasteiger partial charge is 0.507 e. The lowest BCUT2D eigenvalue weighted by atomic mass is 10.00. The van der Waals surface area contributed by atoms with Gasteiger partial charge in [0.15, 0.2) is 5.78 Å². The normalized spacial score (nSPS) is 11.3. The van der Waals surface area contributed by atoms with Crippen molar-refractivity contribution < 1.29 is 9.90 Å². The number of aromatic hydroxyl groups is 1. The Balaban J connectivity index is 2.21. The SMILES string of the molecule is Cc1cc(C)c(O)c(C(=O)/C=C/c2ccc(C(C)C)cc2)c1. The maximum atomic E-state index is 12.3. The monoisotopic (exact) mass is 294 g/mol. The van der Waals surface area contributed by atoms with Gasteiger partial charge in [-0.1, -0.05) is 50.3 Å². The van der Waals surface area contributed by atoms with Crippen LogP contribution in [0.1, 0.15) is 52.4 Å². The van der Waals surface area contributed by atoms with Crippen LogP contribution in [-0.2, 0) is 0 Å². The standard InChI is InChI=1S/C20H22O2/c1-13(2)17-8-5-16(6-9-17)7-10-19(21)18-12-14(3)11-15(4)20(18)22/h5-13,22H,1-4H3/b10-7+. The molecule has 2 heteroatoms. The summed E-state index contributed by atoms with van der Waals surface area (Å²) in [6.45, 7) is 8.01. The highest BCUT2D eigenvalue weighted by molar-refractivity contribution is 6.08. The van der Waals surface area contributed by atoms with Gasteiger partial charge in [0.05, 0.1) is 5.56 Å². The minimum atomic E-state index is -0.183. The molecular weight excluding hydrogens is 272 g/mol. The summed E-state index contributed by atoms with van der Waals surface area (Å²) >= 11 is 0. The van der Waals surface area contributed by atoms with Crippen molar-refractivity contribution in [3.63, 3.8) is 0 Å². The number of benzene rings is 2. The smallest absolute Gasteiger partial charge is 0.189 e. The number of hydrogen-bond donors (Lipinski definition) is 1. The number of aryl methyl sites for hydroxylation is 2. The van der Waals surface area contributed by atoms with Crippen molar-refractivity contribution in [2.24, 2.45) is 0 Å². The highest BCUT2D eigenvalue weighted by Gasteiger charge is 2.11. The second kappa shape index (κ2) is 6.61. The predicted molar refractivity (Wildman–Crippen MR) is 91.5 cm³/mol. The molecule has 0 spiro atoms. The average molecular weight is 294 g/mol. The van der Waals surface area contributed by atoms with Gasteiger partial charge in [0.25, 0.3) is 0 Å². The lowest BCUT2D eigenvalue weighted by molar-refractivity contribution is 0.104. The third-order valence-electron chi connectivity index (χ3n) is 3.74. The predicted octanol–water partition coefficient (Wildman–Crippen LogP) is 5.03. The first-order valence-corrected chi connectivity index (χ1v) is 7.51. The molecule has 0 fully saturated rings. The molecule has 2 nitrogen and oxygen atoms in total. The van der Waals surface area contributed by atoms with Crippen LogP contribution in [0.5, 0.6) is 5.75 Å². The zero-order valence-corrected chi connectivity index (χ0v) is 13.6. The molecule has 0 aromatic heterocycles. The fraction of sp³-hybridized carbons (Fsp3) is 0.250. The molecule has 1 N–H and O–H groups in total. The van der Waals surface area contributed by atoms with Gasteiger partial charge in [0.1, 0.15) is 5.75 Å². The van der Waals surface area contributed by atoms with Crippen molar-refractivity contribution in [3.05, 3.63) is 70.3 Å². The molecule has 0 bridgehead atoms. The molecule has 2 aromatic carbocycles. The van der Waals surface area contributed by atoms with Crippen LogP contribution in [-0.4, -0.2) is 10.9 Å². The minimum Gasteiger partial charge on any atom is -0.507 e. The molecule has 0 aliphatic carbocycles. The summed E-state index contributed by atoms with van der Waals surface area (Å²) in [6, 6.07) is 11.7. The van der Waals surface area contributed by atoms with Crippen molar-refractivity contribution in [1.82, 2.24) is 0 Å². The third-order valence-corrected chi connectivity index (χ3v) is 3.74. The number of phenols is 1. The highest BCUT2D eigenvalue weighted by Crippen LogP contribution is 2.24. The molecule has 0 saturated heterocycles. The second-order valence-electron chi connectivity index (χ2n) is 6.00. The Morgan fingerprint density at radius 3 is 2.32 bits per heavy atom. The fourth-order valence-corrected chi connectivity index (χ4v) is 2.40. The van der Waals surface area contributed by atoms with Gasteiger partial charge in [-0.2, -0.15) is 0 Å². The maximum absolute atomic E-state index is 12.3. The van der Waals surface area contributed by atoms with Gasteiger partial charge in [0, 0.05) is 0 Å². The molecule has 0 aliphatic heterocycles. The topological polar surface area (TPSA) is 37.3 Å². The molecule has 0 unspecified atom stereocenters. The highest BCUT2D eigenvalue weighted by atomic mass is 16.3. The van der Waals surface area contributed by atoms with Gasteiger partial charge in [-0.15, -0.1) is 0 Å². The van der Waals surface area contributed by atoms with Gasteiger partial charge in [0.2, 0.25) is 0 Å². The summed E-state index contributed by atoms with van der Waals surface area (Å²) < 4.78 is 0. The van der Waals surface area contributed by atoms with Crippen molar-refractivity contribution in [2.45, 2.75) is 33.6 Å². The molecule has 114 valence electrons. The van der Waals surface area contributed by atoms with Crippen LogP contribution in [0.25, 0.3) is 6.08 Å². The number of rotatable bonds is 4. The van der Waals surface area contributed by atoms with Gasteiger partial charge in [-0.05, 0) is 54.2 Å². The number of hydrogen-bond acceptors (Lipinski definition) is 2. The van der Waals surface area contributed by atoms with Crippen LogP contribution in [0, 0.1) is 13.8 Å². The van der Waals surface area contributed by atoms with Gasteiger partial charge in [-0.25, -0.2) is 0 Å². The van der Waals surface area contributed by atoms with Crippen LogP contribution >= 0.6 is 0 Å². The van der Waals surface area contributed by atoms with Gasteiger partial charge in [-0.3, -0.25) is 4.79 Å². The van der Waals surface area contributed by atoms with E-state index in [9.17, 15) is 9.90 Å². The van der Waals surface area contributed by atoms with Crippen LogP contribution in [0.15, 0.2) is 42.5 Å². The van der Waals surface area contributed by atoms with E-state index in [0.29, 0.717) is 11.5 Å². The molecule has 0 radical (unpaired) electrons. The first kappa shape index (κ1) is 16.0. The Morgan fingerprint density at radius 2 is 1.73 bits per heavy atom. The number of allylic oxidation sites excluding steroid dienone is 1. The third kappa shape index (κ3) is 3.64. The minimum absolute atomic E-state index is 0.0652. The second-order valence-corrected chi connectivity index (χ2v) is 6.00. The maximum Gasteiger partial charge on any atom is 0.189 e. The van der Waals surface area contributed by atoms with Crippen molar-refractivity contribution in [2.75, 3.05) is 0 Å². The van der Waals surface area contributed by atoms with Crippen molar-refractivity contribution in [3.8, 4) is 5.75 Å². The van der Waals surface area contributed by atoms with E-state index in [2.05, 4.69) is 26.0 Å². The van der Waals surface area contributed by atoms with E-state index in [-0.39, 0.29) is 11.5 Å². The summed E-state index contributed by atoms with van der Waals surface area (Å²) in [5.41, 5.74) is 4.29. The van der Waals surface area contributed by atoms with Gasteiger partial charge < -0.3 is 5.11 Å². The first-order valence-electron chi connectivity index (χ1n) is 7.51. The van der Waals surface area contributed by atoms with E-state index < -0.39 is 0 Å². The average Bonchev–Trinajstić information content (AvgIpc) is 2.48. The Hall–Kier alpha value is -2.35. The number of carbonyl (C=O) groups excluding carboxylic acids is 1. The van der Waals surface area contributed by atoms with Crippen LogP contribution in [0.2, 0.25) is 0 Å². The van der Waals surface area contributed by atoms with Crippen molar-refractivity contribution >= 4 is 11.9 Å². The molecule has 0 aliphatic rings. The lowest BCUT2D eigenvalue weighted by Crippen LogP contribution is -1.97. The van der Waals surface area contributed by atoms with Crippen LogP contribution in [0.4, 0.5) is 0 Å². The quantitative estimate of drug-likeness (QED) is 0.634. The van der Waals surface area contributed by atoms with Gasteiger partial charge >= 0.3 is 0 Å².